The number of pyridine rings is 1. The van der Waals surface area contributed by atoms with Gasteiger partial charge < -0.3 is 4.18 Å². The Morgan fingerprint density at radius 3 is 2.64 bits per heavy atom. The minimum atomic E-state index is -4.10. The van der Waals surface area contributed by atoms with E-state index in [2.05, 4.69) is 4.98 Å². The molecule has 0 amide bonds. The third-order valence-corrected chi connectivity index (χ3v) is 4.36. The molecule has 1 aromatic heterocycles. The molecule has 22 heavy (non-hydrogen) atoms. The van der Waals surface area contributed by atoms with E-state index < -0.39 is 15.9 Å². The van der Waals surface area contributed by atoms with E-state index in [4.69, 9.17) is 4.18 Å². The number of aromatic nitrogens is 1. The summed E-state index contributed by atoms with van der Waals surface area (Å²) < 4.78 is 43.0. The Morgan fingerprint density at radius 2 is 1.86 bits per heavy atom. The van der Waals surface area contributed by atoms with Gasteiger partial charge in [-0.2, -0.15) is 8.42 Å². The number of hydrogen-bond donors (Lipinski definition) is 0. The average Bonchev–Trinajstić information content (AvgIpc) is 2.45. The molecule has 4 nitrogen and oxygen atoms in total. The van der Waals surface area contributed by atoms with Crippen LogP contribution >= 0.6 is 0 Å². The summed E-state index contributed by atoms with van der Waals surface area (Å²) in [5, 5.41) is 0.698. The van der Waals surface area contributed by atoms with Crippen LogP contribution in [0.15, 0.2) is 59.6 Å². The van der Waals surface area contributed by atoms with Gasteiger partial charge in [0.05, 0.1) is 5.52 Å². The topological polar surface area (TPSA) is 56.3 Å². The second-order valence-electron chi connectivity index (χ2n) is 4.84. The Bertz CT molecular complexity index is 955. The van der Waals surface area contributed by atoms with Gasteiger partial charge in [-0.3, -0.25) is 4.98 Å². The third kappa shape index (κ3) is 2.78. The Morgan fingerprint density at radius 1 is 1.09 bits per heavy atom. The number of hydrogen-bond acceptors (Lipinski definition) is 4. The fourth-order valence-corrected chi connectivity index (χ4v) is 3.23. The van der Waals surface area contributed by atoms with E-state index in [-0.39, 0.29) is 10.6 Å². The number of nitrogens with zero attached hydrogens (tertiary/aromatic N) is 1. The second-order valence-corrected chi connectivity index (χ2v) is 6.35. The van der Waals surface area contributed by atoms with Crippen molar-refractivity contribution in [2.24, 2.45) is 0 Å². The molecule has 3 rings (SSSR count). The molecule has 0 atom stereocenters. The molecular formula is C16H12FNO3S. The van der Waals surface area contributed by atoms with Crippen molar-refractivity contribution in [1.82, 2.24) is 4.98 Å². The molecule has 6 heteroatoms. The summed E-state index contributed by atoms with van der Waals surface area (Å²) >= 11 is 0. The summed E-state index contributed by atoms with van der Waals surface area (Å²) in [7, 11) is -4.10. The summed E-state index contributed by atoms with van der Waals surface area (Å²) in [5.41, 5.74) is 1.25. The first-order chi connectivity index (χ1) is 10.5. The van der Waals surface area contributed by atoms with Crippen LogP contribution in [0.2, 0.25) is 0 Å². The molecule has 0 aliphatic rings. The normalized spacial score (nSPS) is 11.5. The molecule has 0 saturated heterocycles. The van der Waals surface area contributed by atoms with Gasteiger partial charge in [0.25, 0.3) is 0 Å². The fourth-order valence-electron chi connectivity index (χ4n) is 2.13. The monoisotopic (exact) mass is 317 g/mol. The largest absolute Gasteiger partial charge is 0.379 e. The van der Waals surface area contributed by atoms with Gasteiger partial charge in [-0.1, -0.05) is 18.2 Å². The summed E-state index contributed by atoms with van der Waals surface area (Å²) in [4.78, 5) is 4.13. The van der Waals surface area contributed by atoms with Gasteiger partial charge in [0.1, 0.15) is 16.5 Å². The van der Waals surface area contributed by atoms with Crippen molar-refractivity contribution in [3.63, 3.8) is 0 Å². The molecular weight excluding hydrogens is 305 g/mol. The lowest BCUT2D eigenvalue weighted by atomic mass is 10.2. The highest BCUT2D eigenvalue weighted by Gasteiger charge is 2.20. The van der Waals surface area contributed by atoms with Gasteiger partial charge in [0, 0.05) is 17.6 Å². The van der Waals surface area contributed by atoms with Crippen molar-refractivity contribution in [3.8, 4) is 5.75 Å². The van der Waals surface area contributed by atoms with Crippen molar-refractivity contribution in [2.45, 2.75) is 11.8 Å². The van der Waals surface area contributed by atoms with E-state index >= 15 is 0 Å². The highest BCUT2D eigenvalue weighted by molar-refractivity contribution is 7.87. The number of benzene rings is 2. The maximum Gasteiger partial charge on any atom is 0.341 e. The van der Waals surface area contributed by atoms with Crippen molar-refractivity contribution >= 4 is 21.0 Å². The molecule has 0 bridgehead atoms. The van der Waals surface area contributed by atoms with Crippen LogP contribution in [0.1, 0.15) is 5.56 Å². The molecule has 0 radical (unpaired) electrons. The fraction of sp³-hybridized carbons (Fsp3) is 0.0625. The Labute approximate surface area is 127 Å². The molecule has 0 saturated carbocycles. The average molecular weight is 317 g/mol. The lowest BCUT2D eigenvalue weighted by Gasteiger charge is -2.09. The van der Waals surface area contributed by atoms with Crippen LogP contribution in [0.25, 0.3) is 10.9 Å². The second kappa shape index (κ2) is 5.38. The first kappa shape index (κ1) is 14.5. The number of para-hydroxylation sites is 1. The van der Waals surface area contributed by atoms with Crippen molar-refractivity contribution < 1.29 is 17.0 Å². The Hall–Kier alpha value is -2.47. The van der Waals surface area contributed by atoms with Gasteiger partial charge in [-0.15, -0.1) is 0 Å². The molecule has 0 aliphatic carbocycles. The number of halogens is 1. The Kier molecular flexibility index (Phi) is 3.54. The summed E-state index contributed by atoms with van der Waals surface area (Å²) in [6.45, 7) is 1.87. The zero-order valence-corrected chi connectivity index (χ0v) is 12.5. The molecule has 112 valence electrons. The lowest BCUT2D eigenvalue weighted by Crippen LogP contribution is -2.11. The predicted molar refractivity (Wildman–Crippen MR) is 80.7 cm³/mol. The number of aryl methyl sites for hydroxylation is 1. The van der Waals surface area contributed by atoms with Crippen LogP contribution in [0.3, 0.4) is 0 Å². The van der Waals surface area contributed by atoms with Crippen molar-refractivity contribution in [2.75, 3.05) is 0 Å². The van der Waals surface area contributed by atoms with E-state index in [1.54, 1.807) is 18.3 Å². The molecule has 0 aliphatic heterocycles. The van der Waals surface area contributed by atoms with E-state index in [0.29, 0.717) is 10.9 Å². The molecule has 0 spiro atoms. The standard InChI is InChI=1S/C16H12FNO3S/c1-11-8-12-4-2-7-15(16(12)18-10-11)22(19,20)21-14-6-3-5-13(17)9-14/h2-10H,1H3. The third-order valence-electron chi connectivity index (χ3n) is 3.08. The summed E-state index contributed by atoms with van der Waals surface area (Å²) in [6.07, 6.45) is 1.59. The van der Waals surface area contributed by atoms with Crippen LogP contribution in [-0.4, -0.2) is 13.4 Å². The zero-order valence-electron chi connectivity index (χ0n) is 11.7. The molecule has 0 N–H and O–H groups in total. The van der Waals surface area contributed by atoms with E-state index in [1.165, 1.54) is 24.3 Å². The predicted octanol–water partition coefficient (Wildman–Crippen LogP) is 3.45. The van der Waals surface area contributed by atoms with Crippen molar-refractivity contribution in [1.29, 1.82) is 0 Å². The van der Waals surface area contributed by atoms with Crippen LogP contribution in [0.5, 0.6) is 5.75 Å². The minimum absolute atomic E-state index is 0.0470. The first-order valence-electron chi connectivity index (χ1n) is 6.51. The van der Waals surface area contributed by atoms with E-state index in [9.17, 15) is 12.8 Å². The van der Waals surface area contributed by atoms with Crippen LogP contribution < -0.4 is 4.18 Å². The zero-order chi connectivity index (χ0) is 15.7. The Balaban J connectivity index is 2.09. The van der Waals surface area contributed by atoms with Crippen LogP contribution in [-0.2, 0) is 10.1 Å². The number of rotatable bonds is 3. The highest BCUT2D eigenvalue weighted by Crippen LogP contribution is 2.25. The lowest BCUT2D eigenvalue weighted by molar-refractivity contribution is 0.484. The maximum atomic E-state index is 13.2. The first-order valence-corrected chi connectivity index (χ1v) is 7.92. The minimum Gasteiger partial charge on any atom is -0.379 e. The SMILES string of the molecule is Cc1cnc2c(S(=O)(=O)Oc3cccc(F)c3)cccc2c1. The molecule has 0 unspecified atom stereocenters. The van der Waals surface area contributed by atoms with Gasteiger partial charge in [0.15, 0.2) is 0 Å². The quantitative estimate of drug-likeness (QED) is 0.694. The summed E-state index contributed by atoms with van der Waals surface area (Å²) in [6, 6.07) is 11.6. The maximum absolute atomic E-state index is 13.2. The molecule has 2 aromatic carbocycles. The van der Waals surface area contributed by atoms with Gasteiger partial charge in [-0.05, 0) is 36.8 Å². The van der Waals surface area contributed by atoms with E-state index in [0.717, 1.165) is 11.6 Å². The van der Waals surface area contributed by atoms with Crippen LogP contribution in [0, 0.1) is 12.7 Å². The molecule has 0 fully saturated rings. The van der Waals surface area contributed by atoms with Gasteiger partial charge >= 0.3 is 10.1 Å². The molecule has 3 aromatic rings. The van der Waals surface area contributed by atoms with Crippen molar-refractivity contribution in [3.05, 3.63) is 66.1 Å². The highest BCUT2D eigenvalue weighted by atomic mass is 32.2. The smallest absolute Gasteiger partial charge is 0.341 e. The number of fused-ring (bicyclic) bond motifs is 1. The molecule has 1 heterocycles. The summed E-state index contributed by atoms with van der Waals surface area (Å²) in [5.74, 6) is -0.650. The van der Waals surface area contributed by atoms with Gasteiger partial charge in [-0.25, -0.2) is 4.39 Å². The van der Waals surface area contributed by atoms with Crippen LogP contribution in [0.4, 0.5) is 4.39 Å². The van der Waals surface area contributed by atoms with Gasteiger partial charge in [0.2, 0.25) is 0 Å². The van der Waals surface area contributed by atoms with E-state index in [1.807, 2.05) is 13.0 Å².